The summed E-state index contributed by atoms with van der Waals surface area (Å²) in [5.74, 6) is 0. The SMILES string of the molecule is CCCCC/C=C\C/C=C\CCCCCCCCOC(OCCCCCCCC/C=C\C/C=C\CCCCC)[C@H]1CCCN1C(=O)OC(C)(C)C. The van der Waals surface area contributed by atoms with Crippen molar-refractivity contribution in [3.63, 3.8) is 0 Å². The highest BCUT2D eigenvalue weighted by Crippen LogP contribution is 2.26. The smallest absolute Gasteiger partial charge is 0.410 e. The standard InChI is InChI=1S/C46H83NO4/c1-6-8-10-12-14-16-18-20-22-24-26-28-30-32-34-36-41-49-44(43-39-38-40-47(43)45(48)51-46(3,4)5)50-42-37-35-33-31-29-27-25-23-21-19-17-15-13-11-9-7-2/h14-17,20-23,43-44H,6-13,18-19,24-42H2,1-5H3/b16-14-,17-15-,22-20-,23-21-/t43-/m1/s1. The third-order valence-corrected chi connectivity index (χ3v) is 9.50. The number of allylic oxidation sites excluding steroid dienone is 8. The number of hydrogen-bond acceptors (Lipinski definition) is 4. The Balaban J connectivity index is 2.28. The first kappa shape index (κ1) is 47.2. The molecule has 0 aromatic rings. The first-order valence-electron chi connectivity index (χ1n) is 21.7. The van der Waals surface area contributed by atoms with Crippen molar-refractivity contribution >= 4 is 6.09 Å². The molecule has 1 aliphatic heterocycles. The lowest BCUT2D eigenvalue weighted by atomic mass is 10.1. The number of amides is 1. The van der Waals surface area contributed by atoms with Crippen LogP contribution in [-0.4, -0.2) is 48.7 Å². The van der Waals surface area contributed by atoms with E-state index in [-0.39, 0.29) is 18.4 Å². The van der Waals surface area contributed by atoms with Gasteiger partial charge in [-0.1, -0.05) is 140 Å². The zero-order chi connectivity index (χ0) is 37.1. The van der Waals surface area contributed by atoms with Crippen molar-refractivity contribution in [3.8, 4) is 0 Å². The molecule has 0 spiro atoms. The Morgan fingerprint density at radius 3 is 1.39 bits per heavy atom. The molecule has 1 saturated heterocycles. The summed E-state index contributed by atoms with van der Waals surface area (Å²) in [5, 5.41) is 0. The van der Waals surface area contributed by atoms with Gasteiger partial charge >= 0.3 is 6.09 Å². The lowest BCUT2D eigenvalue weighted by Crippen LogP contribution is -2.47. The molecule has 1 amide bonds. The van der Waals surface area contributed by atoms with Gasteiger partial charge in [-0.25, -0.2) is 4.79 Å². The van der Waals surface area contributed by atoms with E-state index in [1.165, 1.54) is 128 Å². The molecule has 1 atom stereocenters. The van der Waals surface area contributed by atoms with Crippen LogP contribution in [0.3, 0.4) is 0 Å². The van der Waals surface area contributed by atoms with Crippen molar-refractivity contribution < 1.29 is 19.0 Å². The van der Waals surface area contributed by atoms with E-state index in [4.69, 9.17) is 14.2 Å². The van der Waals surface area contributed by atoms with Gasteiger partial charge in [-0.3, -0.25) is 0 Å². The van der Waals surface area contributed by atoms with Crippen LogP contribution in [0.15, 0.2) is 48.6 Å². The van der Waals surface area contributed by atoms with Crippen LogP contribution in [0.5, 0.6) is 0 Å². The summed E-state index contributed by atoms with van der Waals surface area (Å²) < 4.78 is 18.5. The number of likely N-dealkylation sites (tertiary alicyclic amines) is 1. The fourth-order valence-corrected chi connectivity index (χ4v) is 6.47. The van der Waals surface area contributed by atoms with E-state index in [0.717, 1.165) is 38.5 Å². The molecule has 296 valence electrons. The van der Waals surface area contributed by atoms with Gasteiger partial charge in [-0.05, 0) is 111 Å². The molecular weight excluding hydrogens is 631 g/mol. The van der Waals surface area contributed by atoms with Gasteiger partial charge in [0.2, 0.25) is 0 Å². The number of ether oxygens (including phenoxy) is 3. The lowest BCUT2D eigenvalue weighted by Gasteiger charge is -2.33. The Bertz CT molecular complexity index is 851. The van der Waals surface area contributed by atoms with Gasteiger partial charge in [0, 0.05) is 19.8 Å². The van der Waals surface area contributed by atoms with Gasteiger partial charge in [0.15, 0.2) is 6.29 Å². The molecule has 0 N–H and O–H groups in total. The molecule has 51 heavy (non-hydrogen) atoms. The molecule has 0 aromatic heterocycles. The van der Waals surface area contributed by atoms with Gasteiger partial charge in [0.1, 0.15) is 5.60 Å². The molecule has 5 nitrogen and oxygen atoms in total. The van der Waals surface area contributed by atoms with Gasteiger partial charge < -0.3 is 19.1 Å². The normalized spacial score (nSPS) is 15.6. The number of carbonyl (C=O) groups excluding carboxylic acids is 1. The van der Waals surface area contributed by atoms with E-state index in [0.29, 0.717) is 19.8 Å². The predicted molar refractivity (Wildman–Crippen MR) is 220 cm³/mol. The largest absolute Gasteiger partial charge is 0.444 e. The Morgan fingerprint density at radius 2 is 0.980 bits per heavy atom. The second kappa shape index (κ2) is 34.0. The van der Waals surface area contributed by atoms with Crippen LogP contribution < -0.4 is 0 Å². The Hall–Kier alpha value is -1.85. The maximum absolute atomic E-state index is 13.0. The van der Waals surface area contributed by atoms with Crippen LogP contribution in [0.1, 0.15) is 202 Å². The third-order valence-electron chi connectivity index (χ3n) is 9.50. The molecule has 1 heterocycles. The minimum Gasteiger partial charge on any atom is -0.444 e. The molecule has 1 aliphatic rings. The highest BCUT2D eigenvalue weighted by Gasteiger charge is 2.38. The average Bonchev–Trinajstić information content (AvgIpc) is 3.59. The van der Waals surface area contributed by atoms with Gasteiger partial charge in [-0.15, -0.1) is 0 Å². The van der Waals surface area contributed by atoms with Crippen molar-refractivity contribution in [2.45, 2.75) is 219 Å². The fraction of sp³-hybridized carbons (Fsp3) is 0.804. The maximum Gasteiger partial charge on any atom is 0.410 e. The minimum absolute atomic E-state index is 0.0749. The van der Waals surface area contributed by atoms with Crippen LogP contribution in [-0.2, 0) is 14.2 Å². The van der Waals surface area contributed by atoms with Crippen molar-refractivity contribution in [3.05, 3.63) is 48.6 Å². The monoisotopic (exact) mass is 714 g/mol. The summed E-state index contributed by atoms with van der Waals surface area (Å²) in [5.41, 5.74) is -0.510. The molecule has 1 rings (SSSR count). The molecule has 5 heteroatoms. The summed E-state index contributed by atoms with van der Waals surface area (Å²) in [6.07, 6.45) is 49.4. The van der Waals surface area contributed by atoms with Crippen LogP contribution in [0, 0.1) is 0 Å². The fourth-order valence-electron chi connectivity index (χ4n) is 6.47. The van der Waals surface area contributed by atoms with Crippen molar-refractivity contribution in [1.29, 1.82) is 0 Å². The summed E-state index contributed by atoms with van der Waals surface area (Å²) in [7, 11) is 0. The van der Waals surface area contributed by atoms with E-state index in [1.54, 1.807) is 0 Å². The Labute approximate surface area is 317 Å². The van der Waals surface area contributed by atoms with Gasteiger partial charge in [0.25, 0.3) is 0 Å². The zero-order valence-corrected chi connectivity index (χ0v) is 34.4. The summed E-state index contributed by atoms with van der Waals surface area (Å²) in [6.45, 7) is 12.4. The van der Waals surface area contributed by atoms with Crippen LogP contribution in [0.4, 0.5) is 4.79 Å². The highest BCUT2D eigenvalue weighted by atomic mass is 16.7. The highest BCUT2D eigenvalue weighted by molar-refractivity contribution is 5.69. The number of carbonyl (C=O) groups is 1. The van der Waals surface area contributed by atoms with Crippen molar-refractivity contribution in [1.82, 2.24) is 4.90 Å². The molecule has 0 bridgehead atoms. The summed E-state index contributed by atoms with van der Waals surface area (Å²) in [4.78, 5) is 14.9. The second-order valence-corrected chi connectivity index (χ2v) is 15.7. The lowest BCUT2D eigenvalue weighted by molar-refractivity contribution is -0.173. The number of unbranched alkanes of at least 4 members (excludes halogenated alkanes) is 18. The summed E-state index contributed by atoms with van der Waals surface area (Å²) >= 11 is 0. The van der Waals surface area contributed by atoms with Crippen LogP contribution in [0.2, 0.25) is 0 Å². The second-order valence-electron chi connectivity index (χ2n) is 15.7. The predicted octanol–water partition coefficient (Wildman–Crippen LogP) is 14.4. The molecule has 0 radical (unpaired) electrons. The summed E-state index contributed by atoms with van der Waals surface area (Å²) in [6, 6.07) is -0.0749. The number of rotatable bonds is 33. The molecular formula is C46H83NO4. The van der Waals surface area contributed by atoms with E-state index < -0.39 is 5.60 Å². The van der Waals surface area contributed by atoms with E-state index >= 15 is 0 Å². The van der Waals surface area contributed by atoms with E-state index in [1.807, 2.05) is 25.7 Å². The average molecular weight is 714 g/mol. The topological polar surface area (TPSA) is 48.0 Å². The first-order chi connectivity index (χ1) is 24.9. The minimum atomic E-state index is -0.510. The van der Waals surface area contributed by atoms with Gasteiger partial charge in [0.05, 0.1) is 6.04 Å². The van der Waals surface area contributed by atoms with E-state index in [9.17, 15) is 4.79 Å². The quantitative estimate of drug-likeness (QED) is 0.0386. The third kappa shape index (κ3) is 29.3. The Morgan fingerprint density at radius 1 is 0.588 bits per heavy atom. The van der Waals surface area contributed by atoms with Crippen molar-refractivity contribution in [2.75, 3.05) is 19.8 Å². The van der Waals surface area contributed by atoms with Crippen LogP contribution >= 0.6 is 0 Å². The number of hydrogen-bond donors (Lipinski definition) is 0. The molecule has 0 unspecified atom stereocenters. The molecule has 0 saturated carbocycles. The molecule has 0 aromatic carbocycles. The molecule has 1 fully saturated rings. The molecule has 0 aliphatic carbocycles. The number of nitrogens with zero attached hydrogens (tertiary/aromatic N) is 1. The van der Waals surface area contributed by atoms with Crippen molar-refractivity contribution in [2.24, 2.45) is 0 Å². The Kier molecular flexibility index (Phi) is 31.4. The van der Waals surface area contributed by atoms with Gasteiger partial charge in [-0.2, -0.15) is 0 Å². The van der Waals surface area contributed by atoms with Crippen LogP contribution in [0.25, 0.3) is 0 Å². The first-order valence-corrected chi connectivity index (χ1v) is 21.7. The van der Waals surface area contributed by atoms with E-state index in [2.05, 4.69) is 62.5 Å². The maximum atomic E-state index is 13.0. The zero-order valence-electron chi connectivity index (χ0n) is 34.4.